The molecular weight excluding hydrogens is 821 g/mol. The highest BCUT2D eigenvalue weighted by atomic mass is 15.2. The van der Waals surface area contributed by atoms with Gasteiger partial charge in [-0.2, -0.15) is 0 Å². The zero-order valence-corrected chi connectivity index (χ0v) is 38.1. The second-order valence-corrected chi connectivity index (χ2v) is 18.8. The number of nitrogens with zero attached hydrogens (tertiary/aromatic N) is 2. The summed E-state index contributed by atoms with van der Waals surface area (Å²) in [5.74, 6) is 0. The Morgan fingerprint density at radius 1 is 0.324 bits per heavy atom. The summed E-state index contributed by atoms with van der Waals surface area (Å²) < 4.78 is 0. The SMILES string of the molecule is CC1(C)c2ccccc2N(c2c(-c3cccc4ccccc34)ccc3ccccc23)c2ccc(N(c3ccccc3)c3ccc4c(c3)C(c3ccccc3)(c3ccccc3)c3ccccc3-4)cc21. The van der Waals surface area contributed by atoms with E-state index >= 15 is 0 Å². The fourth-order valence-electron chi connectivity index (χ4n) is 11.8. The highest BCUT2D eigenvalue weighted by molar-refractivity contribution is 6.11. The van der Waals surface area contributed by atoms with Crippen LogP contribution >= 0.6 is 0 Å². The predicted molar refractivity (Wildman–Crippen MR) is 286 cm³/mol. The van der Waals surface area contributed by atoms with Crippen molar-refractivity contribution in [3.8, 4) is 22.3 Å². The van der Waals surface area contributed by atoms with E-state index in [0.29, 0.717) is 0 Å². The third-order valence-electron chi connectivity index (χ3n) is 14.9. The molecule has 1 aliphatic heterocycles. The Balaban J connectivity index is 1.05. The molecule has 0 N–H and O–H groups in total. The molecule has 1 aliphatic carbocycles. The average molecular weight is 869 g/mol. The molecule has 11 aromatic rings. The van der Waals surface area contributed by atoms with Gasteiger partial charge in [0.05, 0.1) is 22.5 Å². The van der Waals surface area contributed by atoms with Gasteiger partial charge in [-0.05, 0) is 115 Å². The van der Waals surface area contributed by atoms with Crippen molar-refractivity contribution in [2.45, 2.75) is 24.7 Å². The summed E-state index contributed by atoms with van der Waals surface area (Å²) in [5.41, 5.74) is 18.7. The Kier molecular flexibility index (Phi) is 9.13. The standard InChI is InChI=1S/C66H48N2/c1-65(2)59-35-18-19-36-62(59)68(64-53-31-15-13-22-46(53)37-40-57(64)54-33-20-23-45-21-12-14-30-52(45)54)63-42-39-51(44-61(63)65)67(49-28-10-5-11-29-49)50-38-41-56-55-32-16-17-34-58(55)66(60(56)43-50,47-24-6-3-7-25-47)48-26-8-4-9-27-48/h3-44H,1-2H3. The molecule has 0 fully saturated rings. The summed E-state index contributed by atoms with van der Waals surface area (Å²) in [5, 5.41) is 4.90. The second kappa shape index (κ2) is 15.6. The minimum Gasteiger partial charge on any atom is -0.310 e. The minimum atomic E-state index is -0.519. The lowest BCUT2D eigenvalue weighted by Gasteiger charge is -2.43. The van der Waals surface area contributed by atoms with Crippen molar-refractivity contribution < 1.29 is 0 Å². The summed E-state index contributed by atoms with van der Waals surface area (Å²) >= 11 is 0. The van der Waals surface area contributed by atoms with Crippen LogP contribution in [0.5, 0.6) is 0 Å². The van der Waals surface area contributed by atoms with Crippen molar-refractivity contribution in [2.24, 2.45) is 0 Å². The topological polar surface area (TPSA) is 6.48 Å². The molecule has 0 spiro atoms. The van der Waals surface area contributed by atoms with Gasteiger partial charge in [-0.15, -0.1) is 0 Å². The Bertz CT molecular complexity index is 3680. The first-order valence-electron chi connectivity index (χ1n) is 23.8. The molecule has 0 radical (unpaired) electrons. The van der Waals surface area contributed by atoms with Crippen LogP contribution in [-0.4, -0.2) is 0 Å². The summed E-state index contributed by atoms with van der Waals surface area (Å²) in [7, 11) is 0. The highest BCUT2D eigenvalue weighted by Crippen LogP contribution is 2.59. The van der Waals surface area contributed by atoms with Gasteiger partial charge in [0, 0.05) is 33.4 Å². The first-order chi connectivity index (χ1) is 33.5. The Morgan fingerprint density at radius 3 is 1.56 bits per heavy atom. The molecule has 0 atom stereocenters. The fraction of sp³-hybridized carbons (Fsp3) is 0.0606. The molecule has 0 saturated carbocycles. The first-order valence-corrected chi connectivity index (χ1v) is 23.8. The van der Waals surface area contributed by atoms with Crippen molar-refractivity contribution in [3.05, 3.63) is 288 Å². The van der Waals surface area contributed by atoms with Gasteiger partial charge in [-0.1, -0.05) is 220 Å². The van der Waals surface area contributed by atoms with Crippen molar-refractivity contribution in [1.29, 1.82) is 0 Å². The van der Waals surface area contributed by atoms with Gasteiger partial charge in [0.2, 0.25) is 0 Å². The van der Waals surface area contributed by atoms with E-state index in [1.807, 2.05) is 0 Å². The molecule has 0 bridgehead atoms. The zero-order chi connectivity index (χ0) is 45.4. The van der Waals surface area contributed by atoms with Gasteiger partial charge in [0.1, 0.15) is 0 Å². The van der Waals surface area contributed by atoms with E-state index in [2.05, 4.69) is 278 Å². The molecule has 0 amide bonds. The number of hydrogen-bond acceptors (Lipinski definition) is 2. The number of anilines is 6. The Hall–Kier alpha value is -8.46. The second-order valence-electron chi connectivity index (χ2n) is 18.8. The molecule has 11 aromatic carbocycles. The van der Waals surface area contributed by atoms with Crippen LogP contribution in [0, 0.1) is 0 Å². The van der Waals surface area contributed by atoms with Crippen LogP contribution < -0.4 is 9.80 Å². The number of hydrogen-bond donors (Lipinski definition) is 0. The molecule has 13 rings (SSSR count). The van der Waals surface area contributed by atoms with E-state index in [0.717, 1.165) is 17.1 Å². The molecule has 0 saturated heterocycles. The number of benzene rings is 11. The predicted octanol–water partition coefficient (Wildman–Crippen LogP) is 17.6. The number of fused-ring (bicyclic) bond motifs is 7. The van der Waals surface area contributed by atoms with Crippen LogP contribution in [-0.2, 0) is 10.8 Å². The summed E-state index contributed by atoms with van der Waals surface area (Å²) in [6.45, 7) is 4.79. The van der Waals surface area contributed by atoms with Crippen molar-refractivity contribution in [3.63, 3.8) is 0 Å². The van der Waals surface area contributed by atoms with Gasteiger partial charge in [0.25, 0.3) is 0 Å². The van der Waals surface area contributed by atoms with E-state index in [4.69, 9.17) is 0 Å². The molecular formula is C66H48N2. The maximum absolute atomic E-state index is 2.56. The number of para-hydroxylation sites is 2. The first kappa shape index (κ1) is 39.9. The maximum atomic E-state index is 2.56. The molecule has 0 aromatic heterocycles. The van der Waals surface area contributed by atoms with E-state index < -0.39 is 5.41 Å². The molecule has 2 aliphatic rings. The Morgan fingerprint density at radius 2 is 0.824 bits per heavy atom. The van der Waals surface area contributed by atoms with Gasteiger partial charge in [-0.3, -0.25) is 0 Å². The monoisotopic (exact) mass is 868 g/mol. The fourth-order valence-corrected chi connectivity index (χ4v) is 11.8. The Labute approximate surface area is 398 Å². The quantitative estimate of drug-likeness (QED) is 0.157. The van der Waals surface area contributed by atoms with Gasteiger partial charge in [0.15, 0.2) is 0 Å². The maximum Gasteiger partial charge on any atom is 0.0714 e. The normalized spacial score (nSPS) is 13.9. The zero-order valence-electron chi connectivity index (χ0n) is 38.1. The third kappa shape index (κ3) is 5.90. The van der Waals surface area contributed by atoms with Crippen LogP contribution in [0.15, 0.2) is 255 Å². The lowest BCUT2D eigenvalue weighted by molar-refractivity contribution is 0.632. The van der Waals surface area contributed by atoms with Crippen LogP contribution in [0.3, 0.4) is 0 Å². The van der Waals surface area contributed by atoms with Crippen molar-refractivity contribution in [2.75, 3.05) is 9.80 Å². The third-order valence-corrected chi connectivity index (χ3v) is 14.9. The average Bonchev–Trinajstić information content (AvgIpc) is 3.70. The minimum absolute atomic E-state index is 0.333. The highest BCUT2D eigenvalue weighted by Gasteiger charge is 2.46. The smallest absolute Gasteiger partial charge is 0.0714 e. The van der Waals surface area contributed by atoms with Crippen molar-refractivity contribution >= 4 is 55.7 Å². The van der Waals surface area contributed by atoms with Crippen molar-refractivity contribution in [1.82, 2.24) is 0 Å². The summed E-state index contributed by atoms with van der Waals surface area (Å²) in [4.78, 5) is 5.03. The lowest BCUT2D eigenvalue weighted by Crippen LogP contribution is -2.31. The molecule has 2 heteroatoms. The van der Waals surface area contributed by atoms with E-state index in [9.17, 15) is 0 Å². The van der Waals surface area contributed by atoms with E-state index in [-0.39, 0.29) is 5.41 Å². The molecule has 1 heterocycles. The molecule has 322 valence electrons. The van der Waals surface area contributed by atoms with E-state index in [1.54, 1.807) is 0 Å². The van der Waals surface area contributed by atoms with Crippen LogP contribution in [0.2, 0.25) is 0 Å². The largest absolute Gasteiger partial charge is 0.310 e. The van der Waals surface area contributed by atoms with Gasteiger partial charge >= 0.3 is 0 Å². The van der Waals surface area contributed by atoms with Crippen LogP contribution in [0.4, 0.5) is 34.1 Å². The molecule has 68 heavy (non-hydrogen) atoms. The number of rotatable bonds is 7. The van der Waals surface area contributed by atoms with Crippen LogP contribution in [0.25, 0.3) is 43.8 Å². The van der Waals surface area contributed by atoms with Gasteiger partial charge in [-0.25, -0.2) is 0 Å². The summed E-state index contributed by atoms with van der Waals surface area (Å²) in [6.07, 6.45) is 0. The molecule has 2 nitrogen and oxygen atoms in total. The van der Waals surface area contributed by atoms with Gasteiger partial charge < -0.3 is 9.80 Å². The lowest BCUT2D eigenvalue weighted by atomic mass is 9.67. The molecule has 0 unspecified atom stereocenters. The van der Waals surface area contributed by atoms with Crippen LogP contribution in [0.1, 0.15) is 47.2 Å². The van der Waals surface area contributed by atoms with E-state index in [1.165, 1.54) is 94.2 Å². The summed E-state index contributed by atoms with van der Waals surface area (Å²) in [6, 6.07) is 94.5.